The van der Waals surface area contributed by atoms with Crippen LogP contribution in [0.1, 0.15) is 24.8 Å². The van der Waals surface area contributed by atoms with Gasteiger partial charge in [-0.25, -0.2) is 0 Å². The first-order valence-electron chi connectivity index (χ1n) is 8.42. The summed E-state index contributed by atoms with van der Waals surface area (Å²) < 4.78 is 6.55. The lowest BCUT2D eigenvalue weighted by Crippen LogP contribution is -2.50. The molecule has 2 heterocycles. The van der Waals surface area contributed by atoms with Gasteiger partial charge in [0.1, 0.15) is 5.75 Å². The number of halogens is 1. The quantitative estimate of drug-likeness (QED) is 0.804. The lowest BCUT2D eigenvalue weighted by atomic mass is 9.79. The summed E-state index contributed by atoms with van der Waals surface area (Å²) >= 11 is 0. The second-order valence-electron chi connectivity index (χ2n) is 7.12. The highest BCUT2D eigenvalue weighted by Crippen LogP contribution is 2.46. The lowest BCUT2D eigenvalue weighted by molar-refractivity contribution is 0.0883. The van der Waals surface area contributed by atoms with E-state index in [0.29, 0.717) is 0 Å². The minimum absolute atomic E-state index is 0. The summed E-state index contributed by atoms with van der Waals surface area (Å²) in [5.41, 5.74) is 4.03. The largest absolute Gasteiger partial charge is 0.480 e. The van der Waals surface area contributed by atoms with Gasteiger partial charge in [-0.15, -0.1) is 12.4 Å². The number of hydrogen-bond donors (Lipinski definition) is 0. The monoisotopic (exact) mass is 327 g/mol. The number of fused-ring (bicyclic) bond motifs is 3. The maximum atomic E-state index is 6.55. The van der Waals surface area contributed by atoms with E-state index in [1.807, 2.05) is 0 Å². The number of nitrogens with zero attached hydrogens (tertiary/aromatic N) is 1. The van der Waals surface area contributed by atoms with Gasteiger partial charge in [-0.2, -0.15) is 0 Å². The number of ether oxygens (including phenoxy) is 1. The first-order chi connectivity index (χ1) is 10.8. The van der Waals surface area contributed by atoms with Crippen LogP contribution < -0.4 is 4.74 Å². The Morgan fingerprint density at radius 2 is 2.09 bits per heavy atom. The third kappa shape index (κ3) is 2.49. The van der Waals surface area contributed by atoms with Crippen molar-refractivity contribution in [2.24, 2.45) is 5.92 Å². The molecule has 0 bridgehead atoms. The van der Waals surface area contributed by atoms with E-state index in [9.17, 15) is 0 Å². The Morgan fingerprint density at radius 3 is 2.91 bits per heavy atom. The molecule has 0 aromatic heterocycles. The zero-order chi connectivity index (χ0) is 14.6. The molecule has 0 radical (unpaired) electrons. The Morgan fingerprint density at radius 1 is 1.22 bits per heavy atom. The van der Waals surface area contributed by atoms with Crippen LogP contribution in [0.4, 0.5) is 0 Å². The maximum absolute atomic E-state index is 6.55. The predicted octanol–water partition coefficient (Wildman–Crippen LogP) is 4.28. The molecule has 1 aromatic rings. The van der Waals surface area contributed by atoms with E-state index in [2.05, 4.69) is 53.6 Å². The van der Waals surface area contributed by atoms with Crippen molar-refractivity contribution in [3.05, 3.63) is 65.4 Å². The van der Waals surface area contributed by atoms with E-state index < -0.39 is 0 Å². The topological polar surface area (TPSA) is 12.5 Å². The van der Waals surface area contributed by atoms with Gasteiger partial charge in [0.05, 0.1) is 6.54 Å². The molecular weight excluding hydrogens is 306 g/mol. The summed E-state index contributed by atoms with van der Waals surface area (Å²) in [4.78, 5) is 2.52. The van der Waals surface area contributed by atoms with Gasteiger partial charge in [0.25, 0.3) is 0 Å². The fourth-order valence-electron chi connectivity index (χ4n) is 4.11. The summed E-state index contributed by atoms with van der Waals surface area (Å²) in [6, 6.07) is 8.53. The summed E-state index contributed by atoms with van der Waals surface area (Å²) in [5, 5.41) is 0. The maximum Gasteiger partial charge on any atom is 0.156 e. The van der Waals surface area contributed by atoms with E-state index >= 15 is 0 Å². The average molecular weight is 328 g/mol. The highest BCUT2D eigenvalue weighted by atomic mass is 35.5. The molecule has 1 spiro atoms. The van der Waals surface area contributed by atoms with Crippen molar-refractivity contribution < 1.29 is 4.74 Å². The van der Waals surface area contributed by atoms with Crippen LogP contribution in [-0.2, 0) is 6.42 Å². The number of hydrogen-bond acceptors (Lipinski definition) is 2. The molecule has 1 atom stereocenters. The van der Waals surface area contributed by atoms with Crippen molar-refractivity contribution in [2.45, 2.75) is 31.3 Å². The molecule has 1 saturated carbocycles. The van der Waals surface area contributed by atoms with Crippen LogP contribution in [0, 0.1) is 5.92 Å². The van der Waals surface area contributed by atoms with Crippen molar-refractivity contribution in [2.75, 3.05) is 13.1 Å². The number of benzene rings is 1. The molecule has 0 amide bonds. The molecule has 23 heavy (non-hydrogen) atoms. The fourth-order valence-corrected chi connectivity index (χ4v) is 4.11. The van der Waals surface area contributed by atoms with Crippen LogP contribution in [0.3, 0.4) is 0 Å². The van der Waals surface area contributed by atoms with Gasteiger partial charge in [-0.3, -0.25) is 0 Å². The fraction of sp³-hybridized carbons (Fsp3) is 0.400. The molecular formula is C20H22ClNO. The Hall–Kier alpha value is -1.67. The third-order valence-corrected chi connectivity index (χ3v) is 5.31. The Bertz CT molecular complexity index is 689. The highest BCUT2D eigenvalue weighted by Gasteiger charge is 2.47. The van der Waals surface area contributed by atoms with E-state index in [4.69, 9.17) is 4.74 Å². The summed E-state index contributed by atoms with van der Waals surface area (Å²) in [6.07, 6.45) is 14.0. The van der Waals surface area contributed by atoms with Gasteiger partial charge >= 0.3 is 0 Å². The lowest BCUT2D eigenvalue weighted by Gasteiger charge is -2.42. The molecule has 5 rings (SSSR count). The van der Waals surface area contributed by atoms with Crippen LogP contribution in [0.15, 0.2) is 59.8 Å². The van der Waals surface area contributed by atoms with Crippen molar-refractivity contribution >= 4 is 12.4 Å². The first-order valence-corrected chi connectivity index (χ1v) is 8.42. The Balaban J connectivity index is 0.00000135. The standard InChI is InChI=1S/C20H21NO.ClH/c1-3-7-18-17(6-1)13-21(12-15-9-10-15)14-20(18)11-16-5-2-4-8-19(16)22-20;/h1-5,7-8,13,15H,6,9-12,14H2;1H. The number of para-hydroxylation sites is 1. The van der Waals surface area contributed by atoms with Crippen molar-refractivity contribution in [3.8, 4) is 5.75 Å². The van der Waals surface area contributed by atoms with Crippen LogP contribution >= 0.6 is 12.4 Å². The molecule has 2 aliphatic heterocycles. The van der Waals surface area contributed by atoms with Crippen molar-refractivity contribution in [1.82, 2.24) is 4.90 Å². The van der Waals surface area contributed by atoms with Crippen molar-refractivity contribution in [1.29, 1.82) is 0 Å². The minimum Gasteiger partial charge on any atom is -0.480 e. The van der Waals surface area contributed by atoms with Gasteiger partial charge in [0.2, 0.25) is 0 Å². The molecule has 0 saturated heterocycles. The van der Waals surface area contributed by atoms with Gasteiger partial charge in [-0.1, -0.05) is 36.4 Å². The van der Waals surface area contributed by atoms with Crippen LogP contribution in [-0.4, -0.2) is 23.6 Å². The molecule has 120 valence electrons. The van der Waals surface area contributed by atoms with Crippen LogP contribution in [0.5, 0.6) is 5.75 Å². The molecule has 1 fully saturated rings. The smallest absolute Gasteiger partial charge is 0.156 e. The predicted molar refractivity (Wildman–Crippen MR) is 95.0 cm³/mol. The SMILES string of the molecule is C1=CCC2=CN(CC3CC3)CC3(Cc4ccccc4O3)C2=C1.Cl. The van der Waals surface area contributed by atoms with Crippen LogP contribution in [0.25, 0.3) is 0 Å². The Labute approximate surface area is 143 Å². The second-order valence-corrected chi connectivity index (χ2v) is 7.12. The minimum atomic E-state index is -0.173. The average Bonchev–Trinajstić information content (AvgIpc) is 3.26. The first kappa shape index (κ1) is 14.9. The highest BCUT2D eigenvalue weighted by molar-refractivity contribution is 5.85. The third-order valence-electron chi connectivity index (χ3n) is 5.31. The zero-order valence-corrected chi connectivity index (χ0v) is 14.0. The van der Waals surface area contributed by atoms with Gasteiger partial charge in [-0.05, 0) is 42.4 Å². The summed E-state index contributed by atoms with van der Waals surface area (Å²) in [6.45, 7) is 2.18. The zero-order valence-electron chi connectivity index (χ0n) is 13.2. The summed E-state index contributed by atoms with van der Waals surface area (Å²) in [5.74, 6) is 1.98. The molecule has 1 unspecified atom stereocenters. The molecule has 0 N–H and O–H groups in total. The molecule has 2 aliphatic carbocycles. The van der Waals surface area contributed by atoms with E-state index in [-0.39, 0.29) is 18.0 Å². The molecule has 4 aliphatic rings. The van der Waals surface area contributed by atoms with Gasteiger partial charge in [0, 0.05) is 24.7 Å². The summed E-state index contributed by atoms with van der Waals surface area (Å²) in [7, 11) is 0. The number of rotatable bonds is 2. The molecule has 2 nitrogen and oxygen atoms in total. The van der Waals surface area contributed by atoms with Crippen LogP contribution in [0.2, 0.25) is 0 Å². The number of allylic oxidation sites excluding steroid dienone is 3. The van der Waals surface area contributed by atoms with E-state index in [0.717, 1.165) is 31.1 Å². The van der Waals surface area contributed by atoms with E-state index in [1.54, 1.807) is 0 Å². The normalized spacial score (nSPS) is 27.6. The van der Waals surface area contributed by atoms with Gasteiger partial charge in [0.15, 0.2) is 5.60 Å². The Kier molecular flexibility index (Phi) is 3.53. The van der Waals surface area contributed by atoms with Gasteiger partial charge < -0.3 is 9.64 Å². The molecule has 3 heteroatoms. The van der Waals surface area contributed by atoms with E-state index in [1.165, 1.54) is 36.1 Å². The second kappa shape index (κ2) is 5.45. The molecule has 1 aromatic carbocycles. The van der Waals surface area contributed by atoms with Crippen molar-refractivity contribution in [3.63, 3.8) is 0 Å².